The van der Waals surface area contributed by atoms with Crippen LogP contribution in [-0.4, -0.2) is 24.3 Å². The van der Waals surface area contributed by atoms with Crippen LogP contribution < -0.4 is 4.74 Å². The summed E-state index contributed by atoms with van der Waals surface area (Å²) in [5.74, 6) is 0.547. The molecule has 0 fully saturated rings. The van der Waals surface area contributed by atoms with Crippen molar-refractivity contribution in [3.05, 3.63) is 23.8 Å². The van der Waals surface area contributed by atoms with Gasteiger partial charge in [-0.3, -0.25) is 4.79 Å². The molecule has 0 spiro atoms. The SMILES string of the molecule is CCOC(=O)CCCCc1ccc(O)c(OCC)c1. The molecule has 0 unspecified atom stereocenters. The van der Waals surface area contributed by atoms with Gasteiger partial charge in [0, 0.05) is 6.42 Å². The highest BCUT2D eigenvalue weighted by Crippen LogP contribution is 2.27. The molecular weight excluding hydrogens is 244 g/mol. The summed E-state index contributed by atoms with van der Waals surface area (Å²) in [4.78, 5) is 11.2. The molecule has 0 aliphatic rings. The summed E-state index contributed by atoms with van der Waals surface area (Å²) in [7, 11) is 0. The minimum atomic E-state index is -0.136. The van der Waals surface area contributed by atoms with Crippen LogP contribution in [-0.2, 0) is 16.0 Å². The number of hydrogen-bond donors (Lipinski definition) is 1. The number of unbranched alkanes of at least 4 members (excludes halogenated alkanes) is 1. The molecule has 1 aromatic carbocycles. The van der Waals surface area contributed by atoms with Gasteiger partial charge in [-0.15, -0.1) is 0 Å². The van der Waals surface area contributed by atoms with Gasteiger partial charge >= 0.3 is 5.97 Å². The molecule has 0 bridgehead atoms. The zero-order valence-electron chi connectivity index (χ0n) is 11.6. The highest BCUT2D eigenvalue weighted by molar-refractivity contribution is 5.69. The van der Waals surface area contributed by atoms with Gasteiger partial charge in [0.2, 0.25) is 0 Å². The first-order chi connectivity index (χ1) is 9.17. The Balaban J connectivity index is 2.37. The number of carbonyl (C=O) groups excluding carboxylic acids is 1. The van der Waals surface area contributed by atoms with E-state index in [4.69, 9.17) is 9.47 Å². The van der Waals surface area contributed by atoms with E-state index in [1.807, 2.05) is 26.0 Å². The smallest absolute Gasteiger partial charge is 0.305 e. The highest BCUT2D eigenvalue weighted by atomic mass is 16.5. The van der Waals surface area contributed by atoms with Crippen molar-refractivity contribution < 1.29 is 19.4 Å². The first-order valence-corrected chi connectivity index (χ1v) is 6.77. The number of phenols is 1. The van der Waals surface area contributed by atoms with Crippen molar-refractivity contribution in [2.24, 2.45) is 0 Å². The van der Waals surface area contributed by atoms with Crippen LogP contribution >= 0.6 is 0 Å². The van der Waals surface area contributed by atoms with Gasteiger partial charge < -0.3 is 14.6 Å². The molecule has 1 rings (SSSR count). The second-order valence-corrected chi connectivity index (χ2v) is 4.25. The van der Waals surface area contributed by atoms with Gasteiger partial charge in [0.25, 0.3) is 0 Å². The summed E-state index contributed by atoms with van der Waals surface area (Å²) in [5.41, 5.74) is 1.10. The van der Waals surface area contributed by atoms with Crippen LogP contribution in [0.1, 0.15) is 38.7 Å². The minimum absolute atomic E-state index is 0.136. The quantitative estimate of drug-likeness (QED) is 0.580. The Morgan fingerprint density at radius 3 is 2.68 bits per heavy atom. The summed E-state index contributed by atoms with van der Waals surface area (Å²) in [6, 6.07) is 5.37. The predicted octanol–water partition coefficient (Wildman–Crippen LogP) is 3.07. The highest BCUT2D eigenvalue weighted by Gasteiger charge is 2.05. The lowest BCUT2D eigenvalue weighted by atomic mass is 10.1. The van der Waals surface area contributed by atoms with E-state index in [1.165, 1.54) is 0 Å². The Morgan fingerprint density at radius 2 is 2.00 bits per heavy atom. The molecule has 0 saturated heterocycles. The molecule has 1 N–H and O–H groups in total. The molecule has 0 heterocycles. The summed E-state index contributed by atoms with van der Waals surface area (Å²) >= 11 is 0. The van der Waals surface area contributed by atoms with Crippen molar-refractivity contribution in [2.75, 3.05) is 13.2 Å². The number of esters is 1. The van der Waals surface area contributed by atoms with E-state index in [9.17, 15) is 9.90 Å². The Kier molecular flexibility index (Phi) is 6.79. The predicted molar refractivity (Wildman–Crippen MR) is 73.5 cm³/mol. The third-order valence-corrected chi connectivity index (χ3v) is 2.73. The molecule has 0 saturated carbocycles. The average Bonchev–Trinajstić information content (AvgIpc) is 2.39. The van der Waals surface area contributed by atoms with Crippen molar-refractivity contribution in [2.45, 2.75) is 39.5 Å². The third kappa shape index (κ3) is 5.64. The molecule has 4 heteroatoms. The van der Waals surface area contributed by atoms with Crippen molar-refractivity contribution in [3.8, 4) is 11.5 Å². The van der Waals surface area contributed by atoms with Crippen LogP contribution in [0.25, 0.3) is 0 Å². The molecule has 0 atom stereocenters. The van der Waals surface area contributed by atoms with E-state index in [1.54, 1.807) is 6.07 Å². The van der Waals surface area contributed by atoms with Gasteiger partial charge in [0.15, 0.2) is 11.5 Å². The van der Waals surface area contributed by atoms with Gasteiger partial charge in [-0.2, -0.15) is 0 Å². The van der Waals surface area contributed by atoms with Crippen molar-refractivity contribution >= 4 is 5.97 Å². The first-order valence-electron chi connectivity index (χ1n) is 6.77. The van der Waals surface area contributed by atoms with Crippen LogP contribution in [0.2, 0.25) is 0 Å². The number of benzene rings is 1. The number of carbonyl (C=O) groups is 1. The lowest BCUT2D eigenvalue weighted by molar-refractivity contribution is -0.143. The average molecular weight is 266 g/mol. The molecule has 106 valence electrons. The number of ether oxygens (including phenoxy) is 2. The zero-order valence-corrected chi connectivity index (χ0v) is 11.6. The molecule has 0 radical (unpaired) electrons. The Hall–Kier alpha value is -1.71. The second-order valence-electron chi connectivity index (χ2n) is 4.25. The van der Waals surface area contributed by atoms with E-state index in [2.05, 4.69) is 0 Å². The Morgan fingerprint density at radius 1 is 1.21 bits per heavy atom. The van der Waals surface area contributed by atoms with Gasteiger partial charge in [-0.25, -0.2) is 0 Å². The molecule has 0 aliphatic heterocycles. The Bertz CT molecular complexity index is 401. The number of hydrogen-bond acceptors (Lipinski definition) is 4. The minimum Gasteiger partial charge on any atom is -0.504 e. The van der Waals surface area contributed by atoms with Crippen LogP contribution in [0.15, 0.2) is 18.2 Å². The fraction of sp³-hybridized carbons (Fsp3) is 0.533. The molecule has 1 aromatic rings. The largest absolute Gasteiger partial charge is 0.504 e. The lowest BCUT2D eigenvalue weighted by Gasteiger charge is -2.08. The van der Waals surface area contributed by atoms with E-state index in [0.717, 1.165) is 24.8 Å². The van der Waals surface area contributed by atoms with E-state index >= 15 is 0 Å². The molecule has 0 aliphatic carbocycles. The van der Waals surface area contributed by atoms with E-state index in [0.29, 0.717) is 25.4 Å². The van der Waals surface area contributed by atoms with Crippen LogP contribution in [0.4, 0.5) is 0 Å². The van der Waals surface area contributed by atoms with Crippen molar-refractivity contribution in [1.82, 2.24) is 0 Å². The maximum atomic E-state index is 11.2. The number of phenolic OH excluding ortho intramolecular Hbond substituents is 1. The zero-order chi connectivity index (χ0) is 14.1. The molecular formula is C15H22O4. The molecule has 0 aromatic heterocycles. The van der Waals surface area contributed by atoms with Gasteiger partial charge in [0.05, 0.1) is 13.2 Å². The topological polar surface area (TPSA) is 55.8 Å². The third-order valence-electron chi connectivity index (χ3n) is 2.73. The molecule has 19 heavy (non-hydrogen) atoms. The maximum Gasteiger partial charge on any atom is 0.305 e. The fourth-order valence-electron chi connectivity index (χ4n) is 1.82. The van der Waals surface area contributed by atoms with E-state index in [-0.39, 0.29) is 11.7 Å². The summed E-state index contributed by atoms with van der Waals surface area (Å²) in [6.07, 6.45) is 3.04. The van der Waals surface area contributed by atoms with E-state index < -0.39 is 0 Å². The number of aromatic hydroxyl groups is 1. The van der Waals surface area contributed by atoms with Gasteiger partial charge in [0.1, 0.15) is 0 Å². The summed E-state index contributed by atoms with van der Waals surface area (Å²) in [5, 5.41) is 9.58. The van der Waals surface area contributed by atoms with Gasteiger partial charge in [-0.05, 0) is 50.8 Å². The van der Waals surface area contributed by atoms with Crippen LogP contribution in [0.5, 0.6) is 11.5 Å². The van der Waals surface area contributed by atoms with Gasteiger partial charge in [-0.1, -0.05) is 6.07 Å². The van der Waals surface area contributed by atoms with Crippen LogP contribution in [0, 0.1) is 0 Å². The monoisotopic (exact) mass is 266 g/mol. The summed E-state index contributed by atoms with van der Waals surface area (Å²) < 4.78 is 10.2. The Labute approximate surface area is 114 Å². The van der Waals surface area contributed by atoms with Crippen LogP contribution in [0.3, 0.4) is 0 Å². The molecule has 0 amide bonds. The normalized spacial score (nSPS) is 10.2. The number of aryl methyl sites for hydroxylation is 1. The standard InChI is InChI=1S/C15H22O4/c1-3-18-14-11-12(9-10-13(14)16)7-5-6-8-15(17)19-4-2/h9-11,16H,3-8H2,1-2H3. The first kappa shape index (κ1) is 15.3. The van der Waals surface area contributed by atoms with Crippen molar-refractivity contribution in [3.63, 3.8) is 0 Å². The summed E-state index contributed by atoms with van der Waals surface area (Å²) in [6.45, 7) is 4.66. The maximum absolute atomic E-state index is 11.2. The number of rotatable bonds is 8. The van der Waals surface area contributed by atoms with Crippen molar-refractivity contribution in [1.29, 1.82) is 0 Å². The molecule has 4 nitrogen and oxygen atoms in total. The lowest BCUT2D eigenvalue weighted by Crippen LogP contribution is -2.03. The fourth-order valence-corrected chi connectivity index (χ4v) is 1.82. The second kappa shape index (κ2) is 8.40.